The summed E-state index contributed by atoms with van der Waals surface area (Å²) >= 11 is 0. The molecule has 0 spiro atoms. The summed E-state index contributed by atoms with van der Waals surface area (Å²) in [5.74, 6) is -0.296. The number of benzene rings is 1. The largest absolute Gasteiger partial charge is 0.478 e. The highest BCUT2D eigenvalue weighted by Crippen LogP contribution is 2.41. The first-order valence-corrected chi connectivity index (χ1v) is 12.2. The quantitative estimate of drug-likeness (QED) is 0.637. The fourth-order valence-electron chi connectivity index (χ4n) is 4.97. The zero-order valence-corrected chi connectivity index (χ0v) is 21.3. The molecule has 0 radical (unpaired) electrons. The van der Waals surface area contributed by atoms with Crippen LogP contribution in [-0.2, 0) is 27.8 Å². The number of carbonyl (C=O) groups excluding carboxylic acids is 2. The zero-order valence-electron chi connectivity index (χ0n) is 21.3. The summed E-state index contributed by atoms with van der Waals surface area (Å²) in [5.41, 5.74) is 2.33. The SMILES string of the molecule is CCOc1ccc2c(n1)CCN(C(=O)OC(C)(C)C)[C@H]2C(=O)Nc1cc(F)c2c(c1)CCC2(C)C. The van der Waals surface area contributed by atoms with E-state index < -0.39 is 23.6 Å². The van der Waals surface area contributed by atoms with Gasteiger partial charge in [-0.25, -0.2) is 14.2 Å². The molecule has 0 saturated carbocycles. The van der Waals surface area contributed by atoms with Gasteiger partial charge in [0.2, 0.25) is 5.88 Å². The van der Waals surface area contributed by atoms with Gasteiger partial charge in [0, 0.05) is 30.3 Å². The molecule has 2 heterocycles. The number of anilines is 1. The molecule has 1 N–H and O–H groups in total. The Hall–Kier alpha value is -3.16. The topological polar surface area (TPSA) is 80.8 Å². The number of fused-ring (bicyclic) bond motifs is 2. The summed E-state index contributed by atoms with van der Waals surface area (Å²) < 4.78 is 26.1. The monoisotopic (exact) mass is 483 g/mol. The maximum atomic E-state index is 15.0. The Morgan fingerprint density at radius 2 is 1.97 bits per heavy atom. The third-order valence-electron chi connectivity index (χ3n) is 6.48. The van der Waals surface area contributed by atoms with Crippen LogP contribution in [-0.4, -0.2) is 40.6 Å². The minimum Gasteiger partial charge on any atom is -0.478 e. The first-order valence-electron chi connectivity index (χ1n) is 12.2. The maximum absolute atomic E-state index is 15.0. The van der Waals surface area contributed by atoms with E-state index in [1.54, 1.807) is 32.9 Å². The molecule has 0 fully saturated rings. The number of amides is 2. The standard InChI is InChI=1S/C27H34FN3O4/c1-7-34-21-9-8-18-20(30-21)11-13-31(25(33)35-26(2,3)4)23(18)24(32)29-17-14-16-10-12-27(5,6)22(16)19(28)15-17/h8-9,14-15,23H,7,10-13H2,1-6H3,(H,29,32)/t23-/m1/s1. The summed E-state index contributed by atoms with van der Waals surface area (Å²) in [5, 5.41) is 2.85. The van der Waals surface area contributed by atoms with E-state index in [0.29, 0.717) is 41.4 Å². The van der Waals surface area contributed by atoms with Gasteiger partial charge in [-0.05, 0) is 75.3 Å². The van der Waals surface area contributed by atoms with Gasteiger partial charge in [0.1, 0.15) is 17.5 Å². The Labute approximate surface area is 206 Å². The predicted octanol–water partition coefficient (Wildman–Crippen LogP) is 5.32. The molecule has 1 aliphatic heterocycles. The smallest absolute Gasteiger partial charge is 0.411 e. The fourth-order valence-corrected chi connectivity index (χ4v) is 4.97. The Balaban J connectivity index is 1.67. The molecule has 1 aliphatic carbocycles. The highest BCUT2D eigenvalue weighted by molar-refractivity contribution is 5.98. The molecule has 7 nitrogen and oxygen atoms in total. The predicted molar refractivity (Wildman–Crippen MR) is 131 cm³/mol. The van der Waals surface area contributed by atoms with E-state index >= 15 is 4.39 Å². The van der Waals surface area contributed by atoms with Crippen molar-refractivity contribution in [3.8, 4) is 5.88 Å². The average Bonchev–Trinajstić information content (AvgIpc) is 3.06. The van der Waals surface area contributed by atoms with Gasteiger partial charge in [-0.3, -0.25) is 9.69 Å². The van der Waals surface area contributed by atoms with Crippen LogP contribution >= 0.6 is 0 Å². The number of pyridine rings is 1. The van der Waals surface area contributed by atoms with Crippen LogP contribution < -0.4 is 10.1 Å². The molecule has 188 valence electrons. The van der Waals surface area contributed by atoms with Crippen LogP contribution in [0.25, 0.3) is 0 Å². The Kier molecular flexibility index (Phi) is 6.51. The zero-order chi connectivity index (χ0) is 25.5. The van der Waals surface area contributed by atoms with Crippen molar-refractivity contribution in [2.75, 3.05) is 18.5 Å². The van der Waals surface area contributed by atoms with Crippen LogP contribution in [0.4, 0.5) is 14.9 Å². The molecular weight excluding hydrogens is 449 g/mol. The molecule has 2 aliphatic rings. The average molecular weight is 484 g/mol. The maximum Gasteiger partial charge on any atom is 0.411 e. The molecule has 8 heteroatoms. The second-order valence-corrected chi connectivity index (χ2v) is 10.8. The van der Waals surface area contributed by atoms with Gasteiger partial charge >= 0.3 is 6.09 Å². The molecule has 0 unspecified atom stereocenters. The minimum atomic E-state index is -0.968. The number of hydrogen-bond acceptors (Lipinski definition) is 5. The van der Waals surface area contributed by atoms with Gasteiger partial charge in [-0.2, -0.15) is 0 Å². The lowest BCUT2D eigenvalue weighted by Crippen LogP contribution is -2.47. The van der Waals surface area contributed by atoms with Crippen molar-refractivity contribution in [2.24, 2.45) is 0 Å². The number of halogens is 1. The second kappa shape index (κ2) is 9.13. The van der Waals surface area contributed by atoms with E-state index in [1.807, 2.05) is 26.8 Å². The molecule has 1 aromatic carbocycles. The number of aromatic nitrogens is 1. The van der Waals surface area contributed by atoms with E-state index in [2.05, 4.69) is 10.3 Å². The van der Waals surface area contributed by atoms with E-state index in [4.69, 9.17) is 9.47 Å². The van der Waals surface area contributed by atoms with E-state index in [-0.39, 0.29) is 17.8 Å². The molecule has 1 atom stereocenters. The summed E-state index contributed by atoms with van der Waals surface area (Å²) in [6.45, 7) is 12.0. The molecule has 2 amide bonds. The van der Waals surface area contributed by atoms with Crippen molar-refractivity contribution in [3.63, 3.8) is 0 Å². The number of nitrogens with zero attached hydrogens (tertiary/aromatic N) is 2. The van der Waals surface area contributed by atoms with Crippen LogP contribution in [0, 0.1) is 5.82 Å². The summed E-state index contributed by atoms with van der Waals surface area (Å²) in [6, 6.07) is 5.69. The van der Waals surface area contributed by atoms with Gasteiger partial charge < -0.3 is 14.8 Å². The van der Waals surface area contributed by atoms with E-state index in [1.165, 1.54) is 11.0 Å². The van der Waals surface area contributed by atoms with Crippen molar-refractivity contribution in [1.29, 1.82) is 0 Å². The first-order chi connectivity index (χ1) is 16.4. The second-order valence-electron chi connectivity index (χ2n) is 10.8. The molecule has 1 aromatic heterocycles. The molecule has 0 bridgehead atoms. The highest BCUT2D eigenvalue weighted by atomic mass is 19.1. The summed E-state index contributed by atoms with van der Waals surface area (Å²) in [4.78, 5) is 32.6. The summed E-state index contributed by atoms with van der Waals surface area (Å²) in [6.07, 6.45) is 1.48. The van der Waals surface area contributed by atoms with Crippen molar-refractivity contribution in [3.05, 3.63) is 52.5 Å². The van der Waals surface area contributed by atoms with Gasteiger partial charge in [0.05, 0.1) is 12.3 Å². The van der Waals surface area contributed by atoms with Gasteiger partial charge in [0.15, 0.2) is 0 Å². The van der Waals surface area contributed by atoms with Crippen LogP contribution in [0.1, 0.15) is 76.4 Å². The van der Waals surface area contributed by atoms with E-state index in [0.717, 1.165) is 18.4 Å². The number of ether oxygens (including phenoxy) is 2. The molecule has 4 rings (SSSR count). The van der Waals surface area contributed by atoms with Crippen LogP contribution in [0.2, 0.25) is 0 Å². The first kappa shape index (κ1) is 24.9. The number of carbonyl (C=O) groups is 2. The van der Waals surface area contributed by atoms with Gasteiger partial charge in [0.25, 0.3) is 5.91 Å². The van der Waals surface area contributed by atoms with Crippen LogP contribution in [0.15, 0.2) is 24.3 Å². The van der Waals surface area contributed by atoms with Gasteiger partial charge in [-0.1, -0.05) is 13.8 Å². The lowest BCUT2D eigenvalue weighted by molar-refractivity contribution is -0.122. The van der Waals surface area contributed by atoms with Crippen molar-refractivity contribution >= 4 is 17.7 Å². The van der Waals surface area contributed by atoms with Crippen molar-refractivity contribution < 1.29 is 23.5 Å². The fraction of sp³-hybridized carbons (Fsp3) is 0.519. The number of rotatable bonds is 4. The lowest BCUT2D eigenvalue weighted by atomic mass is 9.86. The molecule has 0 saturated heterocycles. The van der Waals surface area contributed by atoms with Crippen molar-refractivity contribution in [2.45, 2.75) is 77.9 Å². The Morgan fingerprint density at radius 3 is 2.66 bits per heavy atom. The number of hydrogen-bond donors (Lipinski definition) is 1. The normalized spacial score (nSPS) is 18.5. The van der Waals surface area contributed by atoms with Crippen molar-refractivity contribution in [1.82, 2.24) is 9.88 Å². The minimum absolute atomic E-state index is 0.234. The number of aryl methyl sites for hydroxylation is 1. The molecule has 2 aromatic rings. The van der Waals surface area contributed by atoms with Crippen LogP contribution in [0.5, 0.6) is 5.88 Å². The van der Waals surface area contributed by atoms with Gasteiger partial charge in [-0.15, -0.1) is 0 Å². The van der Waals surface area contributed by atoms with E-state index in [9.17, 15) is 9.59 Å². The Bertz CT molecular complexity index is 1160. The molecule has 35 heavy (non-hydrogen) atoms. The third kappa shape index (κ3) is 5.11. The molecular formula is C27H34FN3O4. The van der Waals surface area contributed by atoms with Crippen LogP contribution in [0.3, 0.4) is 0 Å². The third-order valence-corrected chi connectivity index (χ3v) is 6.48. The summed E-state index contributed by atoms with van der Waals surface area (Å²) in [7, 11) is 0. The lowest BCUT2D eigenvalue weighted by Gasteiger charge is -2.36. The number of nitrogens with one attached hydrogen (secondary N) is 1. The highest BCUT2D eigenvalue weighted by Gasteiger charge is 2.39. The Morgan fingerprint density at radius 1 is 1.23 bits per heavy atom.